The first kappa shape index (κ1) is 16.0. The molecule has 4 fully saturated rings. The van der Waals surface area contributed by atoms with Crippen molar-refractivity contribution < 1.29 is 0 Å². The Morgan fingerprint density at radius 2 is 1.09 bits per heavy atom. The first-order valence-electron chi connectivity index (χ1n) is 9.83. The Bertz CT molecular complexity index is 428. The quantitative estimate of drug-likeness (QED) is 0.489. The summed E-state index contributed by atoms with van der Waals surface area (Å²) in [6.07, 6.45) is 5.92. The predicted octanol–water partition coefficient (Wildman–Crippen LogP) is 6.52. The number of rotatable bonds is 2. The maximum Gasteiger partial charge on any atom is 0.230 e. The zero-order chi connectivity index (χ0) is 16.0. The zero-order valence-electron chi connectivity index (χ0n) is 15.4. The van der Waals surface area contributed by atoms with E-state index in [-0.39, 0.29) is 0 Å². The fraction of sp³-hybridized carbons (Fsp3) is 1.00. The van der Waals surface area contributed by atoms with E-state index in [1.54, 1.807) is 0 Å². The van der Waals surface area contributed by atoms with Crippen molar-refractivity contribution in [3.8, 4) is 0 Å². The standard InChI is InChI=1S/C20H34BBr/c1-11-7-9-13-15(19(13,3)4)17(11)21(22)18-12(2)8-10-14-16(18)20(14,5)6/h11-18H,7-10H2,1-6H3/t11-,12-,13+,14+,15-,16+,17+,18+/m1/s1. The van der Waals surface area contributed by atoms with Gasteiger partial charge in [0.2, 0.25) is 5.54 Å². The fourth-order valence-electron chi connectivity index (χ4n) is 7.46. The normalized spacial score (nSPS) is 54.1. The van der Waals surface area contributed by atoms with Crippen LogP contribution in [0.5, 0.6) is 0 Å². The van der Waals surface area contributed by atoms with Gasteiger partial charge in [0.15, 0.2) is 0 Å². The number of halogens is 1. The summed E-state index contributed by atoms with van der Waals surface area (Å²) in [7, 11) is 0. The molecule has 0 saturated heterocycles. The molecule has 0 nitrogen and oxygen atoms in total. The van der Waals surface area contributed by atoms with Crippen molar-refractivity contribution in [1.29, 1.82) is 0 Å². The molecule has 124 valence electrons. The molecular weight excluding hydrogens is 331 g/mol. The molecule has 4 saturated carbocycles. The summed E-state index contributed by atoms with van der Waals surface area (Å²) in [5.41, 5.74) is 2.01. The van der Waals surface area contributed by atoms with Gasteiger partial charge in [-0.3, -0.25) is 0 Å². The van der Waals surface area contributed by atoms with Crippen LogP contribution in [0.3, 0.4) is 0 Å². The Labute approximate surface area is 146 Å². The van der Waals surface area contributed by atoms with Gasteiger partial charge >= 0.3 is 0 Å². The van der Waals surface area contributed by atoms with Gasteiger partial charge in [0.1, 0.15) is 0 Å². The van der Waals surface area contributed by atoms with Gasteiger partial charge in [-0.25, -0.2) is 0 Å². The van der Waals surface area contributed by atoms with Gasteiger partial charge in [0, 0.05) is 0 Å². The predicted molar refractivity (Wildman–Crippen MR) is 100 cm³/mol. The van der Waals surface area contributed by atoms with Crippen LogP contribution in [-0.4, -0.2) is 5.54 Å². The van der Waals surface area contributed by atoms with E-state index in [1.807, 2.05) is 0 Å². The molecule has 4 aliphatic carbocycles. The first-order valence-corrected chi connectivity index (χ1v) is 10.7. The third kappa shape index (κ3) is 2.01. The van der Waals surface area contributed by atoms with Gasteiger partial charge in [-0.1, -0.05) is 54.4 Å². The Morgan fingerprint density at radius 3 is 1.45 bits per heavy atom. The molecule has 8 atom stereocenters. The van der Waals surface area contributed by atoms with Crippen LogP contribution in [0.1, 0.15) is 67.2 Å². The lowest BCUT2D eigenvalue weighted by Crippen LogP contribution is -2.35. The second-order valence-corrected chi connectivity index (χ2v) is 11.7. The number of hydrogen-bond acceptors (Lipinski definition) is 0. The van der Waals surface area contributed by atoms with E-state index in [2.05, 4.69) is 57.3 Å². The van der Waals surface area contributed by atoms with E-state index < -0.39 is 0 Å². The van der Waals surface area contributed by atoms with Crippen molar-refractivity contribution in [2.45, 2.75) is 78.9 Å². The van der Waals surface area contributed by atoms with Crippen LogP contribution in [0.2, 0.25) is 11.6 Å². The zero-order valence-corrected chi connectivity index (χ0v) is 17.0. The molecule has 0 bridgehead atoms. The Kier molecular flexibility index (Phi) is 3.50. The molecule has 0 N–H and O–H groups in total. The Balaban J connectivity index is 1.59. The Hall–Kier alpha value is 0.545. The molecule has 4 aliphatic rings. The average molecular weight is 365 g/mol. The van der Waals surface area contributed by atoms with Crippen LogP contribution < -0.4 is 0 Å². The minimum atomic E-state index is 0.623. The van der Waals surface area contributed by atoms with E-state index >= 15 is 0 Å². The minimum absolute atomic E-state index is 0.623. The highest BCUT2D eigenvalue weighted by Crippen LogP contribution is 2.76. The average Bonchev–Trinajstić information content (AvgIpc) is 3.20. The van der Waals surface area contributed by atoms with Gasteiger partial charge in [0.05, 0.1) is 0 Å². The van der Waals surface area contributed by atoms with E-state index in [4.69, 9.17) is 0 Å². The fourth-order valence-corrected chi connectivity index (χ4v) is 9.16. The summed E-state index contributed by atoms with van der Waals surface area (Å²) >= 11 is 4.32. The monoisotopic (exact) mass is 364 g/mol. The third-order valence-electron chi connectivity index (χ3n) is 9.02. The summed E-state index contributed by atoms with van der Waals surface area (Å²) in [4.78, 5) is 0. The molecule has 4 rings (SSSR count). The highest BCUT2D eigenvalue weighted by molar-refractivity contribution is 9.24. The van der Waals surface area contributed by atoms with Crippen molar-refractivity contribution in [1.82, 2.24) is 0 Å². The molecule has 0 heterocycles. The lowest BCUT2D eigenvalue weighted by Gasteiger charge is -2.39. The molecule has 0 amide bonds. The van der Waals surface area contributed by atoms with E-state index in [0.29, 0.717) is 10.8 Å². The molecule has 0 radical (unpaired) electrons. The molecule has 22 heavy (non-hydrogen) atoms. The summed E-state index contributed by atoms with van der Waals surface area (Å²) in [6, 6.07) is 0. The van der Waals surface area contributed by atoms with E-state index in [1.165, 1.54) is 25.7 Å². The SMILES string of the molecule is C[C@@H]1CC[C@H]2[C@@H]([C@H]1B(Br)[C@@H]1[C@H]3[C@H](CC[C@H]1C)C3(C)C)C2(C)C. The molecular formula is C20H34BBr. The smallest absolute Gasteiger partial charge is 0.156 e. The molecule has 0 aromatic carbocycles. The third-order valence-corrected chi connectivity index (χ3v) is 10.2. The molecule has 0 spiro atoms. The summed E-state index contributed by atoms with van der Waals surface area (Å²) in [5, 5.41) is 0. The van der Waals surface area contributed by atoms with Crippen molar-refractivity contribution >= 4 is 21.3 Å². The van der Waals surface area contributed by atoms with Gasteiger partial charge < -0.3 is 0 Å². The lowest BCUT2D eigenvalue weighted by molar-refractivity contribution is 0.332. The van der Waals surface area contributed by atoms with Crippen LogP contribution >= 0.6 is 15.8 Å². The molecule has 0 aromatic rings. The van der Waals surface area contributed by atoms with Crippen molar-refractivity contribution in [3.63, 3.8) is 0 Å². The second-order valence-electron chi connectivity index (χ2n) is 10.6. The molecule has 0 aliphatic heterocycles. The molecule has 0 aromatic heterocycles. The van der Waals surface area contributed by atoms with Crippen LogP contribution in [0.25, 0.3) is 0 Å². The van der Waals surface area contributed by atoms with Crippen LogP contribution in [-0.2, 0) is 0 Å². The molecule has 2 heteroatoms. The molecule has 0 unspecified atom stereocenters. The van der Waals surface area contributed by atoms with Crippen LogP contribution in [0, 0.1) is 46.3 Å². The van der Waals surface area contributed by atoms with Gasteiger partial charge in [-0.2, -0.15) is 15.8 Å². The highest BCUT2D eigenvalue weighted by atomic mass is 79.9. The largest absolute Gasteiger partial charge is 0.230 e. The minimum Gasteiger partial charge on any atom is -0.156 e. The van der Waals surface area contributed by atoms with Gasteiger partial charge in [0.25, 0.3) is 0 Å². The van der Waals surface area contributed by atoms with Gasteiger partial charge in [-0.05, 0) is 70.8 Å². The first-order chi connectivity index (χ1) is 10.2. The van der Waals surface area contributed by atoms with E-state index in [0.717, 1.165) is 52.7 Å². The van der Waals surface area contributed by atoms with E-state index in [9.17, 15) is 0 Å². The lowest BCUT2D eigenvalue weighted by atomic mass is 9.42. The summed E-state index contributed by atoms with van der Waals surface area (Å²) < 4.78 is 0. The van der Waals surface area contributed by atoms with Crippen LogP contribution in [0.15, 0.2) is 0 Å². The van der Waals surface area contributed by atoms with Crippen molar-refractivity contribution in [3.05, 3.63) is 0 Å². The number of hydrogen-bond donors (Lipinski definition) is 0. The van der Waals surface area contributed by atoms with Gasteiger partial charge in [-0.15, -0.1) is 0 Å². The maximum absolute atomic E-state index is 4.32. The Morgan fingerprint density at radius 1 is 0.727 bits per heavy atom. The second kappa shape index (κ2) is 4.80. The van der Waals surface area contributed by atoms with Crippen molar-refractivity contribution in [2.24, 2.45) is 46.3 Å². The maximum atomic E-state index is 4.32. The summed E-state index contributed by atoms with van der Waals surface area (Å²) in [5.74, 6) is 7.73. The van der Waals surface area contributed by atoms with Crippen molar-refractivity contribution in [2.75, 3.05) is 0 Å². The summed E-state index contributed by atoms with van der Waals surface area (Å²) in [6.45, 7) is 15.3. The highest BCUT2D eigenvalue weighted by Gasteiger charge is 2.69. The topological polar surface area (TPSA) is 0 Å². The van der Waals surface area contributed by atoms with Crippen LogP contribution in [0.4, 0.5) is 0 Å². The number of fused-ring (bicyclic) bond motifs is 2.